The van der Waals surface area contributed by atoms with E-state index in [4.69, 9.17) is 0 Å². The Morgan fingerprint density at radius 3 is 2.74 bits per heavy atom. The predicted molar refractivity (Wildman–Crippen MR) is 74.5 cm³/mol. The van der Waals surface area contributed by atoms with E-state index in [2.05, 4.69) is 20.8 Å². The van der Waals surface area contributed by atoms with Crippen LogP contribution in [-0.4, -0.2) is 28.1 Å². The van der Waals surface area contributed by atoms with Crippen molar-refractivity contribution in [1.82, 2.24) is 15.5 Å². The topological polar surface area (TPSA) is 84.0 Å². The Kier molecular flexibility index (Phi) is 4.23. The van der Waals surface area contributed by atoms with E-state index in [1.54, 1.807) is 26.0 Å². The average Bonchev–Trinajstić information content (AvgIpc) is 3.00. The van der Waals surface area contributed by atoms with Crippen LogP contribution >= 0.6 is 22.7 Å². The van der Waals surface area contributed by atoms with Gasteiger partial charge in [0.05, 0.1) is 4.88 Å². The molecule has 8 heteroatoms. The van der Waals surface area contributed by atoms with Crippen molar-refractivity contribution in [2.24, 2.45) is 0 Å². The fourth-order valence-electron chi connectivity index (χ4n) is 1.30. The molecule has 2 aromatic heterocycles. The lowest BCUT2D eigenvalue weighted by Crippen LogP contribution is -2.41. The van der Waals surface area contributed by atoms with E-state index in [0.29, 0.717) is 10.0 Å². The molecule has 1 unspecified atom stereocenters. The highest BCUT2D eigenvalue weighted by Crippen LogP contribution is 2.14. The molecule has 0 bridgehead atoms. The van der Waals surface area contributed by atoms with Crippen LogP contribution in [0.5, 0.6) is 0 Å². The molecule has 19 heavy (non-hydrogen) atoms. The minimum Gasteiger partial charge on any atom is -0.340 e. The van der Waals surface area contributed by atoms with Gasteiger partial charge < -0.3 is 5.32 Å². The summed E-state index contributed by atoms with van der Waals surface area (Å²) < 4.78 is 0. The van der Waals surface area contributed by atoms with E-state index in [1.807, 2.05) is 5.38 Å². The molecule has 1 atom stereocenters. The van der Waals surface area contributed by atoms with Crippen LogP contribution in [0, 0.1) is 6.92 Å². The van der Waals surface area contributed by atoms with Gasteiger partial charge in [-0.1, -0.05) is 17.4 Å². The van der Waals surface area contributed by atoms with Crippen molar-refractivity contribution in [2.45, 2.75) is 19.9 Å². The van der Waals surface area contributed by atoms with E-state index in [9.17, 15) is 9.59 Å². The van der Waals surface area contributed by atoms with Crippen molar-refractivity contribution >= 4 is 39.6 Å². The molecule has 0 saturated heterocycles. The molecular weight excluding hydrogens is 284 g/mol. The molecule has 2 aromatic rings. The summed E-state index contributed by atoms with van der Waals surface area (Å²) in [4.78, 5) is 24.2. The molecule has 0 saturated carbocycles. The Bertz CT molecular complexity index is 579. The number of anilines is 1. The summed E-state index contributed by atoms with van der Waals surface area (Å²) in [6.45, 7) is 3.42. The normalized spacial score (nSPS) is 11.9. The van der Waals surface area contributed by atoms with Crippen molar-refractivity contribution in [3.05, 3.63) is 27.4 Å². The number of amides is 2. The van der Waals surface area contributed by atoms with Crippen molar-refractivity contribution in [2.75, 3.05) is 5.32 Å². The minimum atomic E-state index is -0.640. The zero-order valence-corrected chi connectivity index (χ0v) is 12.0. The van der Waals surface area contributed by atoms with Gasteiger partial charge in [-0.15, -0.1) is 21.5 Å². The van der Waals surface area contributed by atoms with Crippen molar-refractivity contribution < 1.29 is 9.59 Å². The third-order valence-corrected chi connectivity index (χ3v) is 3.86. The Morgan fingerprint density at radius 1 is 1.37 bits per heavy atom. The lowest BCUT2D eigenvalue weighted by atomic mass is 10.3. The fraction of sp³-hybridized carbons (Fsp3) is 0.273. The second kappa shape index (κ2) is 5.89. The number of rotatable bonds is 4. The maximum Gasteiger partial charge on any atom is 0.261 e. The summed E-state index contributed by atoms with van der Waals surface area (Å²) in [6.07, 6.45) is 0. The lowest BCUT2D eigenvalue weighted by Gasteiger charge is -2.11. The van der Waals surface area contributed by atoms with Crippen LogP contribution in [0.3, 0.4) is 0 Å². The number of nitrogens with zero attached hydrogens (tertiary/aromatic N) is 2. The molecule has 2 rings (SSSR count). The minimum absolute atomic E-state index is 0.258. The van der Waals surface area contributed by atoms with E-state index in [1.165, 1.54) is 22.7 Å². The van der Waals surface area contributed by atoms with Crippen LogP contribution in [0.1, 0.15) is 21.6 Å². The van der Waals surface area contributed by atoms with Gasteiger partial charge in [-0.25, -0.2) is 0 Å². The number of hydrogen-bond donors (Lipinski definition) is 2. The Morgan fingerprint density at radius 2 is 2.16 bits per heavy atom. The average molecular weight is 296 g/mol. The second-order valence-electron chi connectivity index (χ2n) is 3.79. The standard InChI is InChI=1S/C11H12N4O2S2/c1-6(12-10(17)8-4-3-5-18-8)9(16)13-11-15-14-7(2)19-11/h3-6H,1-2H3,(H,12,17)(H,13,15,16). The first-order chi connectivity index (χ1) is 9.06. The summed E-state index contributed by atoms with van der Waals surface area (Å²) in [5, 5.41) is 15.8. The zero-order chi connectivity index (χ0) is 13.8. The quantitative estimate of drug-likeness (QED) is 0.899. The van der Waals surface area contributed by atoms with Crippen LogP contribution < -0.4 is 10.6 Å². The van der Waals surface area contributed by atoms with Gasteiger partial charge in [0.1, 0.15) is 11.0 Å². The second-order valence-corrected chi connectivity index (χ2v) is 5.92. The van der Waals surface area contributed by atoms with Crippen LogP contribution in [0.2, 0.25) is 0 Å². The molecule has 0 radical (unpaired) electrons. The monoisotopic (exact) mass is 296 g/mol. The van der Waals surface area contributed by atoms with Gasteiger partial charge in [-0.2, -0.15) is 0 Å². The molecule has 0 aromatic carbocycles. The molecule has 100 valence electrons. The number of nitrogens with one attached hydrogen (secondary N) is 2. The summed E-state index contributed by atoms with van der Waals surface area (Å²) in [5.41, 5.74) is 0. The zero-order valence-electron chi connectivity index (χ0n) is 10.3. The van der Waals surface area contributed by atoms with Crippen LogP contribution in [-0.2, 0) is 4.79 Å². The summed E-state index contributed by atoms with van der Waals surface area (Å²) in [7, 11) is 0. The maximum absolute atomic E-state index is 11.8. The van der Waals surface area contributed by atoms with Crippen LogP contribution in [0.25, 0.3) is 0 Å². The van der Waals surface area contributed by atoms with Gasteiger partial charge in [0.15, 0.2) is 0 Å². The number of carbonyl (C=O) groups excluding carboxylic acids is 2. The molecule has 2 N–H and O–H groups in total. The van der Waals surface area contributed by atoms with Crippen molar-refractivity contribution in [3.8, 4) is 0 Å². The molecule has 2 heterocycles. The Labute approximate surface area is 117 Å². The number of aryl methyl sites for hydroxylation is 1. The third kappa shape index (κ3) is 3.58. The number of hydrogen-bond acceptors (Lipinski definition) is 6. The highest BCUT2D eigenvalue weighted by molar-refractivity contribution is 7.15. The first-order valence-electron chi connectivity index (χ1n) is 5.51. The van der Waals surface area contributed by atoms with Gasteiger partial charge in [-0.05, 0) is 25.3 Å². The number of thiophene rings is 1. The maximum atomic E-state index is 11.8. The van der Waals surface area contributed by atoms with E-state index in [0.717, 1.165) is 5.01 Å². The summed E-state index contributed by atoms with van der Waals surface area (Å²) >= 11 is 2.61. The first-order valence-corrected chi connectivity index (χ1v) is 7.21. The number of aromatic nitrogens is 2. The van der Waals surface area contributed by atoms with Crippen molar-refractivity contribution in [1.29, 1.82) is 0 Å². The smallest absolute Gasteiger partial charge is 0.261 e. The molecular formula is C11H12N4O2S2. The molecule has 0 spiro atoms. The van der Waals surface area contributed by atoms with Gasteiger partial charge in [0, 0.05) is 0 Å². The predicted octanol–water partition coefficient (Wildman–Crippen LogP) is 1.67. The largest absolute Gasteiger partial charge is 0.340 e. The molecule has 6 nitrogen and oxygen atoms in total. The third-order valence-electron chi connectivity index (χ3n) is 2.24. The van der Waals surface area contributed by atoms with Crippen LogP contribution in [0.4, 0.5) is 5.13 Å². The van der Waals surface area contributed by atoms with Crippen molar-refractivity contribution in [3.63, 3.8) is 0 Å². The summed E-state index contributed by atoms with van der Waals surface area (Å²) in [5.74, 6) is -0.577. The molecule has 0 aliphatic heterocycles. The van der Waals surface area contributed by atoms with E-state index < -0.39 is 6.04 Å². The Hall–Kier alpha value is -1.80. The van der Waals surface area contributed by atoms with Gasteiger partial charge in [0.2, 0.25) is 11.0 Å². The highest BCUT2D eigenvalue weighted by atomic mass is 32.1. The lowest BCUT2D eigenvalue weighted by molar-refractivity contribution is -0.117. The molecule has 0 aliphatic carbocycles. The van der Waals surface area contributed by atoms with Gasteiger partial charge >= 0.3 is 0 Å². The van der Waals surface area contributed by atoms with Crippen LogP contribution in [0.15, 0.2) is 17.5 Å². The molecule has 0 aliphatic rings. The van der Waals surface area contributed by atoms with Gasteiger partial charge in [0.25, 0.3) is 5.91 Å². The van der Waals surface area contributed by atoms with E-state index >= 15 is 0 Å². The number of carbonyl (C=O) groups is 2. The SMILES string of the molecule is Cc1nnc(NC(=O)C(C)NC(=O)c2cccs2)s1. The highest BCUT2D eigenvalue weighted by Gasteiger charge is 2.18. The summed E-state index contributed by atoms with van der Waals surface area (Å²) in [6, 6.07) is 2.85. The fourth-order valence-corrected chi connectivity index (χ4v) is 2.52. The Balaban J connectivity index is 1.91. The first kappa shape index (κ1) is 13.6. The molecule has 0 fully saturated rings. The van der Waals surface area contributed by atoms with Gasteiger partial charge in [-0.3, -0.25) is 14.9 Å². The van der Waals surface area contributed by atoms with E-state index in [-0.39, 0.29) is 11.8 Å². The molecule has 2 amide bonds.